The quantitative estimate of drug-likeness (QED) is 0.851. The summed E-state index contributed by atoms with van der Waals surface area (Å²) in [6.45, 7) is 4.83. The van der Waals surface area contributed by atoms with Crippen LogP contribution in [0.1, 0.15) is 17.4 Å². The van der Waals surface area contributed by atoms with E-state index < -0.39 is 0 Å². The molecule has 0 aliphatic rings. The molecular weight excluding hydrogens is 270 g/mol. The van der Waals surface area contributed by atoms with Crippen LogP contribution in [-0.2, 0) is 13.1 Å². The van der Waals surface area contributed by atoms with Crippen molar-refractivity contribution < 1.29 is 4.74 Å². The third-order valence-electron chi connectivity index (χ3n) is 3.00. The minimum absolute atomic E-state index is 0.845. The normalized spacial score (nSPS) is 10.6. The molecule has 0 spiro atoms. The minimum atomic E-state index is 0.845. The summed E-state index contributed by atoms with van der Waals surface area (Å²) in [5.41, 5.74) is 1.25. The molecule has 2 aromatic rings. The second-order valence-corrected chi connectivity index (χ2v) is 5.69. The first-order valence-electron chi connectivity index (χ1n) is 6.72. The molecule has 108 valence electrons. The maximum Gasteiger partial charge on any atom is 0.185 e. The van der Waals surface area contributed by atoms with E-state index in [0.717, 1.165) is 30.5 Å². The molecule has 0 bridgehead atoms. The van der Waals surface area contributed by atoms with Crippen molar-refractivity contribution >= 4 is 16.5 Å². The van der Waals surface area contributed by atoms with Crippen LogP contribution in [0.2, 0.25) is 0 Å². The fourth-order valence-electron chi connectivity index (χ4n) is 1.88. The van der Waals surface area contributed by atoms with Crippen LogP contribution in [0, 0.1) is 0 Å². The van der Waals surface area contributed by atoms with Gasteiger partial charge in [0.1, 0.15) is 5.75 Å². The summed E-state index contributed by atoms with van der Waals surface area (Å²) < 4.78 is 5.17. The van der Waals surface area contributed by atoms with Crippen molar-refractivity contribution in [2.24, 2.45) is 0 Å². The maximum atomic E-state index is 5.17. The lowest BCUT2D eigenvalue weighted by atomic mass is 10.2. The molecule has 0 radical (unpaired) electrons. The molecule has 1 aromatic carbocycles. The third-order valence-corrected chi connectivity index (χ3v) is 4.11. The number of ether oxygens (including phenoxy) is 1. The van der Waals surface area contributed by atoms with Gasteiger partial charge in [0.15, 0.2) is 5.13 Å². The molecule has 0 saturated carbocycles. The van der Waals surface area contributed by atoms with Crippen molar-refractivity contribution in [1.82, 2.24) is 10.3 Å². The lowest BCUT2D eigenvalue weighted by Gasteiger charge is -2.15. The predicted molar refractivity (Wildman–Crippen MR) is 84.6 cm³/mol. The molecular formula is C15H21N3OS. The van der Waals surface area contributed by atoms with E-state index in [0.29, 0.717) is 0 Å². The van der Waals surface area contributed by atoms with E-state index >= 15 is 0 Å². The van der Waals surface area contributed by atoms with E-state index in [2.05, 4.69) is 41.3 Å². The van der Waals surface area contributed by atoms with Crippen LogP contribution in [-0.4, -0.2) is 25.7 Å². The summed E-state index contributed by atoms with van der Waals surface area (Å²) in [6.07, 6.45) is 1.95. The highest BCUT2D eigenvalue weighted by molar-refractivity contribution is 7.15. The number of methoxy groups -OCH3 is 1. The highest BCUT2D eigenvalue weighted by Crippen LogP contribution is 2.23. The van der Waals surface area contributed by atoms with Crippen LogP contribution >= 0.6 is 11.3 Å². The highest BCUT2D eigenvalue weighted by atomic mass is 32.1. The molecule has 0 amide bonds. The van der Waals surface area contributed by atoms with Gasteiger partial charge in [-0.3, -0.25) is 0 Å². The Labute approximate surface area is 124 Å². The lowest BCUT2D eigenvalue weighted by molar-refractivity contribution is 0.414. The van der Waals surface area contributed by atoms with E-state index in [4.69, 9.17) is 4.74 Å². The van der Waals surface area contributed by atoms with Gasteiger partial charge >= 0.3 is 0 Å². The largest absolute Gasteiger partial charge is 0.497 e. The molecule has 5 heteroatoms. The number of nitrogens with one attached hydrogen (secondary N) is 1. The maximum absolute atomic E-state index is 5.17. The van der Waals surface area contributed by atoms with Crippen molar-refractivity contribution in [2.45, 2.75) is 20.0 Å². The van der Waals surface area contributed by atoms with Crippen molar-refractivity contribution in [3.8, 4) is 5.75 Å². The minimum Gasteiger partial charge on any atom is -0.497 e. The zero-order chi connectivity index (χ0) is 14.4. The van der Waals surface area contributed by atoms with Crippen LogP contribution in [0.4, 0.5) is 5.13 Å². The van der Waals surface area contributed by atoms with Crippen LogP contribution in [0.25, 0.3) is 0 Å². The number of anilines is 1. The Bertz CT molecular complexity index is 524. The number of thiazole rings is 1. The molecule has 4 nitrogen and oxygen atoms in total. The van der Waals surface area contributed by atoms with Gasteiger partial charge in [0, 0.05) is 31.2 Å². The molecule has 0 aliphatic carbocycles. The van der Waals surface area contributed by atoms with Gasteiger partial charge in [-0.2, -0.15) is 0 Å². The van der Waals surface area contributed by atoms with Gasteiger partial charge in [-0.25, -0.2) is 4.98 Å². The van der Waals surface area contributed by atoms with Crippen LogP contribution < -0.4 is 15.0 Å². The first-order valence-corrected chi connectivity index (χ1v) is 7.54. The van der Waals surface area contributed by atoms with E-state index in [1.165, 1.54) is 10.4 Å². The van der Waals surface area contributed by atoms with Gasteiger partial charge in [-0.1, -0.05) is 19.1 Å². The van der Waals surface area contributed by atoms with Gasteiger partial charge in [0.2, 0.25) is 0 Å². The Morgan fingerprint density at radius 3 is 2.70 bits per heavy atom. The second-order valence-electron chi connectivity index (χ2n) is 4.59. The molecule has 0 aliphatic heterocycles. The Morgan fingerprint density at radius 2 is 2.05 bits per heavy atom. The molecule has 2 rings (SSSR count). The van der Waals surface area contributed by atoms with Crippen LogP contribution in [0.15, 0.2) is 30.5 Å². The Balaban J connectivity index is 1.96. The van der Waals surface area contributed by atoms with E-state index in [1.807, 2.05) is 18.3 Å². The van der Waals surface area contributed by atoms with Crippen molar-refractivity contribution in [3.05, 3.63) is 40.9 Å². The molecule has 0 saturated heterocycles. The first kappa shape index (κ1) is 14.8. The monoisotopic (exact) mass is 291 g/mol. The van der Waals surface area contributed by atoms with Crippen molar-refractivity contribution in [1.29, 1.82) is 0 Å². The Morgan fingerprint density at radius 1 is 1.30 bits per heavy atom. The van der Waals surface area contributed by atoms with Crippen molar-refractivity contribution in [3.63, 3.8) is 0 Å². The lowest BCUT2D eigenvalue weighted by Crippen LogP contribution is -2.15. The van der Waals surface area contributed by atoms with Gasteiger partial charge in [-0.05, 0) is 24.2 Å². The van der Waals surface area contributed by atoms with Crippen LogP contribution in [0.5, 0.6) is 5.75 Å². The molecule has 0 atom stereocenters. The second kappa shape index (κ2) is 7.26. The number of nitrogens with zero attached hydrogens (tertiary/aromatic N) is 2. The topological polar surface area (TPSA) is 37.4 Å². The summed E-state index contributed by atoms with van der Waals surface area (Å²) >= 11 is 1.74. The number of benzene rings is 1. The zero-order valence-corrected chi connectivity index (χ0v) is 13.0. The number of hydrogen-bond donors (Lipinski definition) is 1. The smallest absolute Gasteiger partial charge is 0.185 e. The zero-order valence-electron chi connectivity index (χ0n) is 12.2. The Hall–Kier alpha value is -1.59. The fourth-order valence-corrected chi connectivity index (χ4v) is 2.72. The first-order chi connectivity index (χ1) is 9.72. The predicted octanol–water partition coefficient (Wildman–Crippen LogP) is 2.90. The number of rotatable bonds is 7. The molecule has 1 heterocycles. The van der Waals surface area contributed by atoms with Crippen molar-refractivity contribution in [2.75, 3.05) is 25.6 Å². The summed E-state index contributed by atoms with van der Waals surface area (Å²) in [5, 5.41) is 4.37. The van der Waals surface area contributed by atoms with Gasteiger partial charge < -0.3 is 15.0 Å². The van der Waals surface area contributed by atoms with Gasteiger partial charge in [-0.15, -0.1) is 11.3 Å². The van der Waals surface area contributed by atoms with Gasteiger partial charge in [0.05, 0.1) is 7.11 Å². The van der Waals surface area contributed by atoms with Gasteiger partial charge in [0.25, 0.3) is 0 Å². The fraction of sp³-hybridized carbons (Fsp3) is 0.400. The van der Waals surface area contributed by atoms with E-state index in [9.17, 15) is 0 Å². The summed E-state index contributed by atoms with van der Waals surface area (Å²) in [7, 11) is 3.75. The molecule has 20 heavy (non-hydrogen) atoms. The number of hydrogen-bond acceptors (Lipinski definition) is 5. The van der Waals surface area contributed by atoms with E-state index in [-0.39, 0.29) is 0 Å². The average Bonchev–Trinajstić information content (AvgIpc) is 2.95. The summed E-state index contributed by atoms with van der Waals surface area (Å²) in [5.74, 6) is 0.888. The van der Waals surface area contributed by atoms with E-state index in [1.54, 1.807) is 18.4 Å². The molecule has 0 unspecified atom stereocenters. The SMILES string of the molecule is CCNCc1cnc(N(C)Cc2ccc(OC)cc2)s1. The Kier molecular flexibility index (Phi) is 5.38. The summed E-state index contributed by atoms with van der Waals surface area (Å²) in [4.78, 5) is 7.91. The third kappa shape index (κ3) is 3.95. The molecule has 1 N–H and O–H groups in total. The average molecular weight is 291 g/mol. The highest BCUT2D eigenvalue weighted by Gasteiger charge is 2.07. The van der Waals surface area contributed by atoms with Crippen LogP contribution in [0.3, 0.4) is 0 Å². The summed E-state index contributed by atoms with van der Waals surface area (Å²) in [6, 6.07) is 8.15. The number of aromatic nitrogens is 1. The molecule has 1 aromatic heterocycles. The standard InChI is InChI=1S/C15H21N3OS/c1-4-16-9-14-10-17-15(20-14)18(2)11-12-5-7-13(19-3)8-6-12/h5-8,10,16H,4,9,11H2,1-3H3. The molecule has 0 fully saturated rings.